The molecule has 0 bridgehead atoms. The molecule has 1 aliphatic carbocycles. The number of halogens is 1. The smallest absolute Gasteiger partial charge is 0.341 e. The number of benzene rings is 1. The van der Waals surface area contributed by atoms with Gasteiger partial charge in [-0.3, -0.25) is 0 Å². The highest BCUT2D eigenvalue weighted by Gasteiger charge is 2.33. The van der Waals surface area contributed by atoms with Crippen molar-refractivity contribution in [2.75, 3.05) is 6.61 Å². The maximum absolute atomic E-state index is 12.1. The molecular weight excluding hydrogens is 288 g/mol. The number of aromatic nitrogens is 2. The number of hydrogen-bond acceptors (Lipinski definition) is 3. The SMILES string of the molecule is CCOC(=O)c1cnn(-c2ccc(C)c(Cl)c2)c1C1CC1. The van der Waals surface area contributed by atoms with Gasteiger partial charge in [0, 0.05) is 10.9 Å². The van der Waals surface area contributed by atoms with Crippen molar-refractivity contribution in [3.05, 3.63) is 46.2 Å². The Hall–Kier alpha value is -1.81. The molecule has 1 aromatic heterocycles. The maximum Gasteiger partial charge on any atom is 0.341 e. The topological polar surface area (TPSA) is 44.1 Å². The average molecular weight is 305 g/mol. The van der Waals surface area contributed by atoms with Crippen LogP contribution in [0.25, 0.3) is 5.69 Å². The molecule has 1 fully saturated rings. The highest BCUT2D eigenvalue weighted by molar-refractivity contribution is 6.31. The van der Waals surface area contributed by atoms with Gasteiger partial charge in [0.05, 0.1) is 24.2 Å². The lowest BCUT2D eigenvalue weighted by molar-refractivity contribution is 0.0525. The number of ether oxygens (including phenoxy) is 1. The third-order valence-corrected chi connectivity index (χ3v) is 4.07. The van der Waals surface area contributed by atoms with Gasteiger partial charge in [0.25, 0.3) is 0 Å². The van der Waals surface area contributed by atoms with Crippen molar-refractivity contribution < 1.29 is 9.53 Å². The molecule has 0 atom stereocenters. The third kappa shape index (κ3) is 2.68. The molecule has 21 heavy (non-hydrogen) atoms. The number of rotatable bonds is 4. The van der Waals surface area contributed by atoms with Crippen molar-refractivity contribution in [2.45, 2.75) is 32.6 Å². The fourth-order valence-electron chi connectivity index (χ4n) is 2.39. The van der Waals surface area contributed by atoms with Gasteiger partial charge in [-0.2, -0.15) is 5.10 Å². The number of aryl methyl sites for hydroxylation is 1. The first-order valence-electron chi connectivity index (χ1n) is 7.13. The van der Waals surface area contributed by atoms with E-state index in [1.807, 2.05) is 29.8 Å². The lowest BCUT2D eigenvalue weighted by Gasteiger charge is -2.10. The van der Waals surface area contributed by atoms with E-state index < -0.39 is 0 Å². The number of nitrogens with zero attached hydrogens (tertiary/aromatic N) is 2. The minimum atomic E-state index is -0.302. The van der Waals surface area contributed by atoms with Crippen LogP contribution in [0.1, 0.15) is 47.3 Å². The van der Waals surface area contributed by atoms with Gasteiger partial charge in [0.2, 0.25) is 0 Å². The van der Waals surface area contributed by atoms with E-state index in [2.05, 4.69) is 5.10 Å². The molecule has 0 amide bonds. The van der Waals surface area contributed by atoms with E-state index in [9.17, 15) is 4.79 Å². The van der Waals surface area contributed by atoms with Gasteiger partial charge in [0.1, 0.15) is 5.56 Å². The molecule has 0 aliphatic heterocycles. The first kappa shape index (κ1) is 14.1. The fourth-order valence-corrected chi connectivity index (χ4v) is 2.57. The zero-order valence-corrected chi connectivity index (χ0v) is 12.9. The van der Waals surface area contributed by atoms with E-state index in [4.69, 9.17) is 16.3 Å². The zero-order chi connectivity index (χ0) is 15.0. The highest BCUT2D eigenvalue weighted by Crippen LogP contribution is 2.42. The molecule has 110 valence electrons. The van der Waals surface area contributed by atoms with Crippen molar-refractivity contribution in [3.8, 4) is 5.69 Å². The zero-order valence-electron chi connectivity index (χ0n) is 12.1. The van der Waals surface area contributed by atoms with E-state index in [1.165, 1.54) is 0 Å². The Labute approximate surface area is 128 Å². The van der Waals surface area contributed by atoms with Crippen LogP contribution in [-0.2, 0) is 4.74 Å². The van der Waals surface area contributed by atoms with Crippen molar-refractivity contribution >= 4 is 17.6 Å². The molecule has 1 aromatic carbocycles. The van der Waals surface area contributed by atoms with Gasteiger partial charge < -0.3 is 4.74 Å². The number of carbonyl (C=O) groups excluding carboxylic acids is 1. The predicted octanol–water partition coefficient (Wildman–Crippen LogP) is 3.89. The van der Waals surface area contributed by atoms with Gasteiger partial charge in [-0.05, 0) is 44.4 Å². The van der Waals surface area contributed by atoms with Crippen molar-refractivity contribution in [1.82, 2.24) is 9.78 Å². The summed E-state index contributed by atoms with van der Waals surface area (Å²) in [6, 6.07) is 5.81. The average Bonchev–Trinajstić information content (AvgIpc) is 3.20. The monoisotopic (exact) mass is 304 g/mol. The van der Waals surface area contributed by atoms with Crippen molar-refractivity contribution in [3.63, 3.8) is 0 Å². The Morgan fingerprint density at radius 2 is 2.24 bits per heavy atom. The Morgan fingerprint density at radius 3 is 2.86 bits per heavy atom. The van der Waals surface area contributed by atoms with Gasteiger partial charge in [-0.1, -0.05) is 17.7 Å². The molecule has 0 unspecified atom stereocenters. The summed E-state index contributed by atoms with van der Waals surface area (Å²) >= 11 is 6.20. The second kappa shape index (κ2) is 5.53. The molecule has 3 rings (SSSR count). The van der Waals surface area contributed by atoms with Crippen LogP contribution in [-0.4, -0.2) is 22.4 Å². The summed E-state index contributed by atoms with van der Waals surface area (Å²) in [7, 11) is 0. The molecule has 1 aliphatic rings. The molecule has 1 saturated carbocycles. The molecule has 0 radical (unpaired) electrons. The molecule has 5 heteroatoms. The summed E-state index contributed by atoms with van der Waals surface area (Å²) < 4.78 is 6.93. The van der Waals surface area contributed by atoms with Gasteiger partial charge >= 0.3 is 5.97 Å². The Morgan fingerprint density at radius 1 is 1.48 bits per heavy atom. The third-order valence-electron chi connectivity index (χ3n) is 3.67. The fraction of sp³-hybridized carbons (Fsp3) is 0.375. The second-order valence-electron chi connectivity index (χ2n) is 5.28. The van der Waals surface area contributed by atoms with Crippen LogP contribution in [0.3, 0.4) is 0 Å². The minimum Gasteiger partial charge on any atom is -0.462 e. The summed E-state index contributed by atoms with van der Waals surface area (Å²) in [6.07, 6.45) is 3.76. The molecule has 1 heterocycles. The minimum absolute atomic E-state index is 0.302. The standard InChI is InChI=1S/C16H17ClN2O2/c1-3-21-16(20)13-9-18-19(15(13)11-5-6-11)12-7-4-10(2)14(17)8-12/h4,7-9,11H,3,5-6H2,1-2H3. The summed E-state index contributed by atoms with van der Waals surface area (Å²) in [5.41, 5.74) is 3.40. The van der Waals surface area contributed by atoms with Crippen LogP contribution in [0.4, 0.5) is 0 Å². The van der Waals surface area contributed by atoms with Gasteiger partial charge in [0.15, 0.2) is 0 Å². The van der Waals surface area contributed by atoms with Crippen LogP contribution >= 0.6 is 11.6 Å². The van der Waals surface area contributed by atoms with E-state index >= 15 is 0 Å². The Bertz CT molecular complexity index is 690. The first-order valence-corrected chi connectivity index (χ1v) is 7.51. The quantitative estimate of drug-likeness (QED) is 0.805. The number of hydrogen-bond donors (Lipinski definition) is 0. The van der Waals surface area contributed by atoms with Crippen molar-refractivity contribution in [2.24, 2.45) is 0 Å². The predicted molar refractivity (Wildman–Crippen MR) is 81.2 cm³/mol. The summed E-state index contributed by atoms with van der Waals surface area (Å²) in [6.45, 7) is 4.13. The van der Waals surface area contributed by atoms with Crippen LogP contribution in [0.5, 0.6) is 0 Å². The van der Waals surface area contributed by atoms with Crippen LogP contribution in [0.15, 0.2) is 24.4 Å². The first-order chi connectivity index (χ1) is 10.1. The highest BCUT2D eigenvalue weighted by atomic mass is 35.5. The van der Waals surface area contributed by atoms with Gasteiger partial charge in [-0.15, -0.1) is 0 Å². The lowest BCUT2D eigenvalue weighted by Crippen LogP contribution is -2.09. The molecule has 0 N–H and O–H groups in total. The summed E-state index contributed by atoms with van der Waals surface area (Å²) in [5.74, 6) is 0.0795. The van der Waals surface area contributed by atoms with Crippen LogP contribution < -0.4 is 0 Å². The Kier molecular flexibility index (Phi) is 3.72. The molecule has 2 aromatic rings. The van der Waals surface area contributed by atoms with Crippen molar-refractivity contribution in [1.29, 1.82) is 0 Å². The lowest BCUT2D eigenvalue weighted by atomic mass is 10.1. The largest absolute Gasteiger partial charge is 0.462 e. The second-order valence-corrected chi connectivity index (χ2v) is 5.69. The molecule has 0 saturated heterocycles. The summed E-state index contributed by atoms with van der Waals surface area (Å²) in [4.78, 5) is 12.1. The normalized spacial score (nSPS) is 14.2. The Balaban J connectivity index is 2.06. The van der Waals surface area contributed by atoms with Gasteiger partial charge in [-0.25, -0.2) is 9.48 Å². The van der Waals surface area contributed by atoms with E-state index in [0.29, 0.717) is 23.1 Å². The number of esters is 1. The van der Waals surface area contributed by atoms with E-state index in [1.54, 1.807) is 13.1 Å². The number of carbonyl (C=O) groups is 1. The van der Waals surface area contributed by atoms with Crippen LogP contribution in [0, 0.1) is 6.92 Å². The maximum atomic E-state index is 12.1. The van der Waals surface area contributed by atoms with E-state index in [0.717, 1.165) is 29.8 Å². The summed E-state index contributed by atoms with van der Waals surface area (Å²) in [5, 5.41) is 5.08. The molecule has 0 spiro atoms. The molecule has 4 nitrogen and oxygen atoms in total. The van der Waals surface area contributed by atoms with E-state index in [-0.39, 0.29) is 5.97 Å². The molecular formula is C16H17ClN2O2. The van der Waals surface area contributed by atoms with Crippen LogP contribution in [0.2, 0.25) is 5.02 Å².